The fourth-order valence-corrected chi connectivity index (χ4v) is 2.10. The van der Waals surface area contributed by atoms with Gasteiger partial charge in [0.15, 0.2) is 5.65 Å². The molecule has 3 rings (SSSR count). The van der Waals surface area contributed by atoms with Crippen molar-refractivity contribution in [2.45, 2.75) is 0 Å². The van der Waals surface area contributed by atoms with Gasteiger partial charge < -0.3 is 0 Å². The molecule has 0 amide bonds. The van der Waals surface area contributed by atoms with Crippen molar-refractivity contribution in [3.05, 3.63) is 46.5 Å². The van der Waals surface area contributed by atoms with Crippen molar-refractivity contribution in [2.75, 3.05) is 0 Å². The summed E-state index contributed by atoms with van der Waals surface area (Å²) in [7, 11) is 0. The Morgan fingerprint density at radius 3 is 2.88 bits per heavy atom. The molecule has 4 nitrogen and oxygen atoms in total. The molecule has 0 aromatic carbocycles. The summed E-state index contributed by atoms with van der Waals surface area (Å²) in [6, 6.07) is 5.72. The number of nitrogens with zero attached hydrogens (tertiary/aromatic N) is 4. The fourth-order valence-electron chi connectivity index (χ4n) is 1.61. The molecule has 0 spiro atoms. The molecule has 0 aliphatic rings. The Morgan fingerprint density at radius 2 is 2.06 bits per heavy atom. The summed E-state index contributed by atoms with van der Waals surface area (Å²) in [5.41, 5.74) is 2.45. The van der Waals surface area contributed by atoms with Gasteiger partial charge in [0, 0.05) is 6.20 Å². The van der Waals surface area contributed by atoms with Crippen LogP contribution >= 0.6 is 27.5 Å². The van der Waals surface area contributed by atoms with E-state index in [9.17, 15) is 0 Å². The van der Waals surface area contributed by atoms with Crippen LogP contribution < -0.4 is 0 Å². The quantitative estimate of drug-likeness (QED) is 0.648. The molecule has 0 N–H and O–H groups in total. The first-order chi connectivity index (χ1) is 8.24. The Balaban J connectivity index is 2.27. The van der Waals surface area contributed by atoms with E-state index in [1.165, 1.54) is 0 Å². The van der Waals surface area contributed by atoms with E-state index in [-0.39, 0.29) is 0 Å². The van der Waals surface area contributed by atoms with Crippen LogP contribution in [0.3, 0.4) is 0 Å². The van der Waals surface area contributed by atoms with Gasteiger partial charge in [-0.2, -0.15) is 0 Å². The van der Waals surface area contributed by atoms with Crippen molar-refractivity contribution in [3.63, 3.8) is 0 Å². The molecule has 6 heteroatoms. The average Bonchev–Trinajstić information content (AvgIpc) is 2.71. The van der Waals surface area contributed by atoms with E-state index in [1.54, 1.807) is 18.6 Å². The number of hydrogen-bond acceptors (Lipinski definition) is 3. The summed E-state index contributed by atoms with van der Waals surface area (Å²) in [6.07, 6.45) is 5.10. The molecule has 0 radical (unpaired) electrons. The van der Waals surface area contributed by atoms with Crippen LogP contribution in [0.4, 0.5) is 0 Å². The highest BCUT2D eigenvalue weighted by atomic mass is 79.9. The molecule has 3 heterocycles. The molecule has 0 bridgehead atoms. The van der Waals surface area contributed by atoms with E-state index >= 15 is 0 Å². The van der Waals surface area contributed by atoms with Gasteiger partial charge >= 0.3 is 0 Å². The molecule has 0 saturated carbocycles. The van der Waals surface area contributed by atoms with E-state index in [1.807, 2.05) is 22.6 Å². The van der Waals surface area contributed by atoms with Crippen LogP contribution in [0.2, 0.25) is 5.15 Å². The Kier molecular flexibility index (Phi) is 2.57. The molecular weight excluding hydrogens is 304 g/mol. The molecule has 0 saturated heterocycles. The lowest BCUT2D eigenvalue weighted by atomic mass is 10.3. The lowest BCUT2D eigenvalue weighted by Gasteiger charge is -2.01. The normalized spacial score (nSPS) is 10.9. The van der Waals surface area contributed by atoms with E-state index in [0.29, 0.717) is 5.15 Å². The first kappa shape index (κ1) is 10.7. The van der Waals surface area contributed by atoms with Gasteiger partial charge in [-0.1, -0.05) is 17.7 Å². The molecule has 0 aliphatic heterocycles. The van der Waals surface area contributed by atoms with Gasteiger partial charge in [0.2, 0.25) is 0 Å². The second-order valence-electron chi connectivity index (χ2n) is 3.43. The van der Waals surface area contributed by atoms with Gasteiger partial charge in [0.25, 0.3) is 0 Å². The predicted octanol–water partition coefficient (Wildman–Crippen LogP) is 3.21. The highest BCUT2D eigenvalue weighted by Crippen LogP contribution is 2.21. The van der Waals surface area contributed by atoms with Crippen LogP contribution in [0.25, 0.3) is 17.0 Å². The van der Waals surface area contributed by atoms with Crippen LogP contribution in [-0.2, 0) is 0 Å². The summed E-state index contributed by atoms with van der Waals surface area (Å²) in [5, 5.41) is 0.423. The highest BCUT2D eigenvalue weighted by Gasteiger charge is 2.08. The number of pyridine rings is 1. The maximum absolute atomic E-state index is 5.88. The molecule has 17 heavy (non-hydrogen) atoms. The molecule has 3 aromatic heterocycles. The zero-order valence-corrected chi connectivity index (χ0v) is 10.9. The minimum absolute atomic E-state index is 0.423. The summed E-state index contributed by atoms with van der Waals surface area (Å²) in [4.78, 5) is 12.6. The van der Waals surface area contributed by atoms with Crippen LogP contribution in [-0.4, -0.2) is 19.4 Å². The van der Waals surface area contributed by atoms with Gasteiger partial charge in [0.05, 0.1) is 23.8 Å². The minimum Gasteiger partial charge on any atom is -0.294 e. The van der Waals surface area contributed by atoms with Gasteiger partial charge in [-0.3, -0.25) is 4.40 Å². The molecule has 0 fully saturated rings. The van der Waals surface area contributed by atoms with E-state index < -0.39 is 0 Å². The van der Waals surface area contributed by atoms with Crippen molar-refractivity contribution in [3.8, 4) is 11.4 Å². The smallest absolute Gasteiger partial charge is 0.155 e. The van der Waals surface area contributed by atoms with Crippen molar-refractivity contribution < 1.29 is 0 Å². The zero-order chi connectivity index (χ0) is 11.8. The predicted molar refractivity (Wildman–Crippen MR) is 68.9 cm³/mol. The number of hydrogen-bond donors (Lipinski definition) is 0. The molecule has 84 valence electrons. The third kappa shape index (κ3) is 1.92. The molecule has 0 unspecified atom stereocenters. The van der Waals surface area contributed by atoms with Crippen LogP contribution in [0.1, 0.15) is 0 Å². The van der Waals surface area contributed by atoms with E-state index in [0.717, 1.165) is 21.6 Å². The standard InChI is InChI=1S/C11H6BrClN4/c12-9-3-1-2-7(16-9)8-4-15-11-5-14-10(13)6-17(8)11/h1-6H. The lowest BCUT2D eigenvalue weighted by Crippen LogP contribution is -1.91. The van der Waals surface area contributed by atoms with Crippen molar-refractivity contribution in [1.82, 2.24) is 19.4 Å². The van der Waals surface area contributed by atoms with Crippen molar-refractivity contribution in [2.24, 2.45) is 0 Å². The number of rotatable bonds is 1. The van der Waals surface area contributed by atoms with Crippen LogP contribution in [0.15, 0.2) is 41.4 Å². The molecule has 0 aliphatic carbocycles. The third-order valence-electron chi connectivity index (χ3n) is 2.34. The Bertz CT molecular complexity index is 695. The maximum Gasteiger partial charge on any atom is 0.155 e. The largest absolute Gasteiger partial charge is 0.294 e. The second-order valence-corrected chi connectivity index (χ2v) is 4.63. The highest BCUT2D eigenvalue weighted by molar-refractivity contribution is 9.10. The Hall–Kier alpha value is -1.46. The Morgan fingerprint density at radius 1 is 1.18 bits per heavy atom. The number of aromatic nitrogens is 4. The molecule has 3 aromatic rings. The van der Waals surface area contributed by atoms with Crippen LogP contribution in [0, 0.1) is 0 Å². The summed E-state index contributed by atoms with van der Waals surface area (Å²) in [5.74, 6) is 0. The topological polar surface area (TPSA) is 43.1 Å². The summed E-state index contributed by atoms with van der Waals surface area (Å²) >= 11 is 9.22. The summed E-state index contributed by atoms with van der Waals surface area (Å²) < 4.78 is 2.65. The van der Waals surface area contributed by atoms with Gasteiger partial charge in [-0.15, -0.1) is 0 Å². The van der Waals surface area contributed by atoms with E-state index in [2.05, 4.69) is 30.9 Å². The first-order valence-corrected chi connectivity index (χ1v) is 6.03. The zero-order valence-electron chi connectivity index (χ0n) is 8.51. The molecule has 0 atom stereocenters. The summed E-state index contributed by atoms with van der Waals surface area (Å²) in [6.45, 7) is 0. The number of fused-ring (bicyclic) bond motifs is 1. The lowest BCUT2D eigenvalue weighted by molar-refractivity contribution is 1.11. The monoisotopic (exact) mass is 308 g/mol. The number of halogens is 2. The SMILES string of the molecule is Clc1cn2c(-c3cccc(Br)n3)cnc2cn1. The molecular formula is C11H6BrClN4. The van der Waals surface area contributed by atoms with Gasteiger partial charge in [-0.05, 0) is 28.1 Å². The van der Waals surface area contributed by atoms with Crippen molar-refractivity contribution >= 4 is 33.2 Å². The second kappa shape index (κ2) is 4.09. The Labute approximate surface area is 110 Å². The maximum atomic E-state index is 5.88. The van der Waals surface area contributed by atoms with Gasteiger partial charge in [-0.25, -0.2) is 15.0 Å². The van der Waals surface area contributed by atoms with Gasteiger partial charge in [0.1, 0.15) is 9.76 Å². The first-order valence-electron chi connectivity index (χ1n) is 4.85. The third-order valence-corrected chi connectivity index (χ3v) is 2.98. The van der Waals surface area contributed by atoms with E-state index in [4.69, 9.17) is 11.6 Å². The fraction of sp³-hybridized carbons (Fsp3) is 0. The average molecular weight is 310 g/mol. The van der Waals surface area contributed by atoms with Crippen LogP contribution in [0.5, 0.6) is 0 Å². The minimum atomic E-state index is 0.423. The number of imidazole rings is 1. The van der Waals surface area contributed by atoms with Crippen molar-refractivity contribution in [1.29, 1.82) is 0 Å².